The number of benzene rings is 4. The van der Waals surface area contributed by atoms with E-state index in [4.69, 9.17) is 0 Å². The van der Waals surface area contributed by atoms with Gasteiger partial charge in [0.05, 0.1) is 0 Å². The van der Waals surface area contributed by atoms with Crippen molar-refractivity contribution < 1.29 is 14.7 Å². The van der Waals surface area contributed by atoms with E-state index < -0.39 is 11.9 Å². The minimum atomic E-state index is -1.40. The number of hydrogen-bond donors (Lipinski definition) is 1. The van der Waals surface area contributed by atoms with Crippen LogP contribution in [0.2, 0.25) is 0 Å². The summed E-state index contributed by atoms with van der Waals surface area (Å²) in [6.45, 7) is 0.688. The fourth-order valence-electron chi connectivity index (χ4n) is 5.89. The van der Waals surface area contributed by atoms with Gasteiger partial charge in [-0.05, 0) is 58.2 Å². The summed E-state index contributed by atoms with van der Waals surface area (Å²) in [4.78, 5) is 26.1. The van der Waals surface area contributed by atoms with Crippen LogP contribution in [0.15, 0.2) is 109 Å². The normalized spacial score (nSPS) is 14.5. The van der Waals surface area contributed by atoms with Crippen LogP contribution in [0.4, 0.5) is 0 Å². The van der Waals surface area contributed by atoms with Gasteiger partial charge in [-0.25, -0.2) is 4.79 Å². The van der Waals surface area contributed by atoms with Crippen LogP contribution < -0.4 is 0 Å². The predicted octanol–water partition coefficient (Wildman–Crippen LogP) is 7.80. The van der Waals surface area contributed by atoms with Crippen LogP contribution >= 0.6 is 0 Å². The summed E-state index contributed by atoms with van der Waals surface area (Å²) in [5.74, 6) is -1.73. The van der Waals surface area contributed by atoms with E-state index in [0.29, 0.717) is 19.0 Å². The predicted molar refractivity (Wildman–Crippen MR) is 156 cm³/mol. The third-order valence-corrected chi connectivity index (χ3v) is 7.96. The van der Waals surface area contributed by atoms with Crippen molar-refractivity contribution in [3.63, 3.8) is 0 Å². The Bertz CT molecular complexity index is 1380. The second kappa shape index (κ2) is 12.6. The van der Waals surface area contributed by atoms with Crippen LogP contribution in [0.1, 0.15) is 49.1 Å². The highest BCUT2D eigenvalue weighted by molar-refractivity contribution is 6.31. The molecule has 4 heteroatoms. The highest BCUT2D eigenvalue weighted by Crippen LogP contribution is 2.38. The van der Waals surface area contributed by atoms with E-state index in [1.54, 1.807) is 0 Å². The van der Waals surface area contributed by atoms with E-state index >= 15 is 0 Å². The molecule has 5 rings (SSSR count). The molecule has 0 aliphatic heterocycles. The van der Waals surface area contributed by atoms with Crippen LogP contribution in [0.5, 0.6) is 0 Å². The molecule has 39 heavy (non-hydrogen) atoms. The maximum atomic E-state index is 12.8. The summed E-state index contributed by atoms with van der Waals surface area (Å²) < 4.78 is 0. The van der Waals surface area contributed by atoms with Crippen LogP contribution in [0.3, 0.4) is 0 Å². The fraction of sp³-hybridized carbons (Fsp3) is 0.257. The van der Waals surface area contributed by atoms with Gasteiger partial charge < -0.3 is 10.0 Å². The lowest BCUT2D eigenvalue weighted by Crippen LogP contribution is -2.40. The zero-order valence-electron chi connectivity index (χ0n) is 22.2. The van der Waals surface area contributed by atoms with Crippen molar-refractivity contribution in [2.45, 2.75) is 44.6 Å². The van der Waals surface area contributed by atoms with E-state index in [0.717, 1.165) is 29.5 Å². The molecule has 1 amide bonds. The number of carboxylic acid groups (broad SMARTS) is 1. The summed E-state index contributed by atoms with van der Waals surface area (Å²) in [6.07, 6.45) is 5.80. The van der Waals surface area contributed by atoms with Crippen molar-refractivity contribution in [3.8, 4) is 22.3 Å². The molecule has 1 fully saturated rings. The first-order chi connectivity index (χ1) is 19.1. The van der Waals surface area contributed by atoms with Crippen molar-refractivity contribution >= 4 is 11.9 Å². The molecule has 0 bridgehead atoms. The zero-order valence-corrected chi connectivity index (χ0v) is 22.2. The molecular formula is C35H35NO3. The Morgan fingerprint density at radius 1 is 0.692 bits per heavy atom. The average Bonchev–Trinajstić information content (AvgIpc) is 3.00. The van der Waals surface area contributed by atoms with Crippen molar-refractivity contribution in [2.75, 3.05) is 6.54 Å². The van der Waals surface area contributed by atoms with Crippen molar-refractivity contribution in [2.24, 2.45) is 5.92 Å². The van der Waals surface area contributed by atoms with Crippen LogP contribution in [0.25, 0.3) is 22.3 Å². The monoisotopic (exact) mass is 517 g/mol. The van der Waals surface area contributed by atoms with Gasteiger partial charge in [0, 0.05) is 19.0 Å². The molecule has 198 valence electrons. The maximum Gasteiger partial charge on any atom is 0.394 e. The van der Waals surface area contributed by atoms with E-state index in [2.05, 4.69) is 72.8 Å². The number of carboxylic acids is 1. The molecule has 0 unspecified atom stereocenters. The van der Waals surface area contributed by atoms with Gasteiger partial charge in [0.1, 0.15) is 0 Å². The van der Waals surface area contributed by atoms with E-state index in [9.17, 15) is 14.7 Å². The summed E-state index contributed by atoms with van der Waals surface area (Å²) in [5, 5.41) is 9.60. The molecule has 4 aromatic rings. The first-order valence-corrected chi connectivity index (χ1v) is 13.9. The largest absolute Gasteiger partial charge is 0.474 e. The molecule has 1 aliphatic rings. The number of hydrogen-bond acceptors (Lipinski definition) is 2. The number of amides is 1. The van der Waals surface area contributed by atoms with Crippen molar-refractivity contribution in [1.29, 1.82) is 0 Å². The quantitative estimate of drug-likeness (QED) is 0.243. The van der Waals surface area contributed by atoms with E-state index in [1.807, 2.05) is 36.4 Å². The van der Waals surface area contributed by atoms with Crippen LogP contribution in [-0.4, -0.2) is 28.4 Å². The second-order valence-corrected chi connectivity index (χ2v) is 10.5. The Hall–Kier alpha value is -4.18. The minimum absolute atomic E-state index is 0.0852. The molecule has 1 atom stereocenters. The molecule has 0 radical (unpaired) electrons. The fourth-order valence-corrected chi connectivity index (χ4v) is 5.89. The lowest BCUT2D eigenvalue weighted by molar-refractivity contribution is -0.156. The SMILES string of the molecule is O=C(O)C(=O)N(Cc1ccccc1)C[C@@H](c1ccc(-c2cccc(-c3ccccc3)c2)cc1)C1CCCCC1. The molecule has 1 saturated carbocycles. The van der Waals surface area contributed by atoms with Crippen LogP contribution in [0, 0.1) is 5.92 Å². The van der Waals surface area contributed by atoms with Gasteiger partial charge in [-0.3, -0.25) is 4.79 Å². The maximum absolute atomic E-state index is 12.8. The Balaban J connectivity index is 1.43. The summed E-state index contributed by atoms with van der Waals surface area (Å²) in [5.41, 5.74) is 6.77. The Labute approximate surface area is 230 Å². The van der Waals surface area contributed by atoms with Gasteiger partial charge in [0.25, 0.3) is 0 Å². The van der Waals surface area contributed by atoms with E-state index in [1.165, 1.54) is 40.9 Å². The highest BCUT2D eigenvalue weighted by Gasteiger charge is 2.31. The van der Waals surface area contributed by atoms with Crippen LogP contribution in [-0.2, 0) is 16.1 Å². The minimum Gasteiger partial charge on any atom is -0.474 e. The van der Waals surface area contributed by atoms with E-state index in [-0.39, 0.29) is 5.92 Å². The molecule has 4 aromatic carbocycles. The Morgan fingerprint density at radius 3 is 1.87 bits per heavy atom. The number of nitrogens with zero attached hydrogens (tertiary/aromatic N) is 1. The third kappa shape index (κ3) is 6.64. The molecule has 1 N–H and O–H groups in total. The van der Waals surface area contributed by atoms with Gasteiger partial charge in [0.2, 0.25) is 0 Å². The van der Waals surface area contributed by atoms with Gasteiger partial charge >= 0.3 is 11.9 Å². The average molecular weight is 518 g/mol. The molecule has 0 spiro atoms. The molecule has 4 nitrogen and oxygen atoms in total. The third-order valence-electron chi connectivity index (χ3n) is 7.96. The smallest absolute Gasteiger partial charge is 0.394 e. The Kier molecular flexibility index (Phi) is 8.52. The number of carbonyl (C=O) groups is 2. The zero-order chi connectivity index (χ0) is 27.0. The summed E-state index contributed by atoms with van der Waals surface area (Å²) in [7, 11) is 0. The van der Waals surface area contributed by atoms with Gasteiger partial charge in [0.15, 0.2) is 0 Å². The molecule has 0 saturated heterocycles. The van der Waals surface area contributed by atoms with Crippen molar-refractivity contribution in [3.05, 3.63) is 120 Å². The first kappa shape index (κ1) is 26.4. The van der Waals surface area contributed by atoms with Gasteiger partial charge in [-0.2, -0.15) is 0 Å². The standard InChI is InChI=1S/C35H35NO3/c37-34(35(38)39)36(24-26-11-4-1-5-12-26)25-33(29-15-8-3-9-16-29)30-21-19-28(20-22-30)32-18-10-17-31(23-32)27-13-6-2-7-14-27/h1-2,4-7,10-14,17-23,29,33H,3,8-9,15-16,24-25H2,(H,38,39)/t33-/m1/s1. The number of aliphatic carboxylic acids is 1. The molecule has 0 aromatic heterocycles. The molecule has 0 heterocycles. The second-order valence-electron chi connectivity index (χ2n) is 10.5. The molecule has 1 aliphatic carbocycles. The Morgan fingerprint density at radius 2 is 1.26 bits per heavy atom. The van der Waals surface area contributed by atoms with Gasteiger partial charge in [-0.1, -0.05) is 122 Å². The number of rotatable bonds is 8. The highest BCUT2D eigenvalue weighted by atomic mass is 16.4. The summed E-state index contributed by atoms with van der Waals surface area (Å²) in [6, 6.07) is 37.3. The lowest BCUT2D eigenvalue weighted by atomic mass is 9.76. The lowest BCUT2D eigenvalue weighted by Gasteiger charge is -2.34. The van der Waals surface area contributed by atoms with Crippen molar-refractivity contribution in [1.82, 2.24) is 4.90 Å². The molecular weight excluding hydrogens is 482 g/mol. The van der Waals surface area contributed by atoms with Gasteiger partial charge in [-0.15, -0.1) is 0 Å². The number of carbonyl (C=O) groups excluding carboxylic acids is 1. The topological polar surface area (TPSA) is 57.6 Å². The first-order valence-electron chi connectivity index (χ1n) is 13.9. The summed E-state index contributed by atoms with van der Waals surface area (Å²) >= 11 is 0.